The highest BCUT2D eigenvalue weighted by Crippen LogP contribution is 2.24. The Bertz CT molecular complexity index is 665. The summed E-state index contributed by atoms with van der Waals surface area (Å²) in [4.78, 5) is 26.4. The number of imidazole rings is 1. The van der Waals surface area contributed by atoms with Crippen LogP contribution in [0.5, 0.6) is 0 Å². The SMILES string of the molecule is Cn1cncc1C(=O)NC1CCN(c2ncncc2Cl)CC1. The molecule has 0 aromatic carbocycles. The highest BCUT2D eigenvalue weighted by atomic mass is 35.5. The molecule has 1 fully saturated rings. The fraction of sp³-hybridized carbons (Fsp3) is 0.429. The lowest BCUT2D eigenvalue weighted by Gasteiger charge is -2.33. The first-order valence-electron chi connectivity index (χ1n) is 7.13. The average molecular weight is 321 g/mol. The predicted molar refractivity (Wildman–Crippen MR) is 83.0 cm³/mol. The molecule has 0 atom stereocenters. The van der Waals surface area contributed by atoms with Crippen molar-refractivity contribution in [2.45, 2.75) is 18.9 Å². The van der Waals surface area contributed by atoms with Gasteiger partial charge in [0.15, 0.2) is 5.82 Å². The minimum atomic E-state index is -0.0847. The quantitative estimate of drug-likeness (QED) is 0.921. The van der Waals surface area contributed by atoms with Gasteiger partial charge in [0.05, 0.1) is 18.7 Å². The third-order valence-electron chi connectivity index (χ3n) is 3.83. The molecule has 3 rings (SSSR count). The molecule has 0 radical (unpaired) electrons. The largest absolute Gasteiger partial charge is 0.355 e. The highest BCUT2D eigenvalue weighted by Gasteiger charge is 2.23. The van der Waals surface area contributed by atoms with Gasteiger partial charge >= 0.3 is 0 Å². The van der Waals surface area contributed by atoms with Crippen molar-refractivity contribution in [1.82, 2.24) is 24.8 Å². The predicted octanol–water partition coefficient (Wildman–Crippen LogP) is 1.26. The molecule has 7 nitrogen and oxygen atoms in total. The number of hydrogen-bond donors (Lipinski definition) is 1. The van der Waals surface area contributed by atoms with E-state index >= 15 is 0 Å². The minimum absolute atomic E-state index is 0.0847. The molecule has 2 aromatic rings. The van der Waals surface area contributed by atoms with E-state index in [2.05, 4.69) is 25.2 Å². The van der Waals surface area contributed by atoms with Crippen LogP contribution in [0.2, 0.25) is 5.02 Å². The number of aryl methyl sites for hydroxylation is 1. The smallest absolute Gasteiger partial charge is 0.269 e. The van der Waals surface area contributed by atoms with E-state index in [1.165, 1.54) is 6.33 Å². The summed E-state index contributed by atoms with van der Waals surface area (Å²) in [5, 5.41) is 3.61. The summed E-state index contributed by atoms with van der Waals surface area (Å²) in [5.41, 5.74) is 0.571. The van der Waals surface area contributed by atoms with E-state index in [4.69, 9.17) is 11.6 Å². The van der Waals surface area contributed by atoms with Gasteiger partial charge in [-0.05, 0) is 12.8 Å². The van der Waals surface area contributed by atoms with Gasteiger partial charge in [0.25, 0.3) is 5.91 Å². The molecule has 2 aromatic heterocycles. The van der Waals surface area contributed by atoms with Gasteiger partial charge in [0.1, 0.15) is 17.0 Å². The zero-order valence-corrected chi connectivity index (χ0v) is 13.0. The summed E-state index contributed by atoms with van der Waals surface area (Å²) in [6, 6.07) is 0.152. The second kappa shape index (κ2) is 6.31. The topological polar surface area (TPSA) is 75.9 Å². The normalized spacial score (nSPS) is 15.8. The van der Waals surface area contributed by atoms with Crippen LogP contribution < -0.4 is 10.2 Å². The maximum Gasteiger partial charge on any atom is 0.269 e. The van der Waals surface area contributed by atoms with Gasteiger partial charge in [-0.3, -0.25) is 4.79 Å². The number of nitrogens with one attached hydrogen (secondary N) is 1. The van der Waals surface area contributed by atoms with Gasteiger partial charge in [-0.1, -0.05) is 11.6 Å². The van der Waals surface area contributed by atoms with Crippen molar-refractivity contribution in [3.05, 3.63) is 35.8 Å². The van der Waals surface area contributed by atoms with Crippen molar-refractivity contribution < 1.29 is 4.79 Å². The first kappa shape index (κ1) is 14.8. The van der Waals surface area contributed by atoms with Gasteiger partial charge in [-0.2, -0.15) is 0 Å². The lowest BCUT2D eigenvalue weighted by atomic mass is 10.0. The Balaban J connectivity index is 1.57. The fourth-order valence-electron chi connectivity index (χ4n) is 2.61. The standard InChI is InChI=1S/C14H17ClN6O/c1-20-9-17-7-12(20)14(22)19-10-2-4-21(5-3-10)13-11(15)6-16-8-18-13/h6-10H,2-5H2,1H3,(H,19,22). The first-order chi connectivity index (χ1) is 10.6. The van der Waals surface area contributed by atoms with Crippen LogP contribution in [-0.2, 0) is 7.05 Å². The maximum atomic E-state index is 12.2. The van der Waals surface area contributed by atoms with Crippen LogP contribution in [0.4, 0.5) is 5.82 Å². The molecule has 116 valence electrons. The Morgan fingerprint density at radius 2 is 2.09 bits per heavy atom. The Morgan fingerprint density at radius 3 is 2.73 bits per heavy atom. The number of hydrogen-bond acceptors (Lipinski definition) is 5. The first-order valence-corrected chi connectivity index (χ1v) is 7.50. The number of carbonyl (C=O) groups excluding carboxylic acids is 1. The van der Waals surface area contributed by atoms with Gasteiger partial charge in [0, 0.05) is 26.2 Å². The van der Waals surface area contributed by atoms with Crippen LogP contribution in [0.15, 0.2) is 25.0 Å². The van der Waals surface area contributed by atoms with Crippen molar-refractivity contribution in [2.24, 2.45) is 7.05 Å². The lowest BCUT2D eigenvalue weighted by Crippen LogP contribution is -2.45. The van der Waals surface area contributed by atoms with E-state index in [1.807, 2.05) is 7.05 Å². The second-order valence-corrected chi connectivity index (χ2v) is 5.73. The average Bonchev–Trinajstić information content (AvgIpc) is 2.95. The number of anilines is 1. The molecule has 1 aliphatic rings. The summed E-state index contributed by atoms with van der Waals surface area (Å²) >= 11 is 6.12. The van der Waals surface area contributed by atoms with E-state index in [0.717, 1.165) is 31.7 Å². The Hall–Kier alpha value is -2.15. The molecule has 1 N–H and O–H groups in total. The van der Waals surface area contributed by atoms with E-state index < -0.39 is 0 Å². The van der Waals surface area contributed by atoms with Crippen molar-refractivity contribution in [2.75, 3.05) is 18.0 Å². The zero-order valence-electron chi connectivity index (χ0n) is 12.2. The van der Waals surface area contributed by atoms with Gasteiger partial charge < -0.3 is 14.8 Å². The van der Waals surface area contributed by atoms with E-state index in [0.29, 0.717) is 10.7 Å². The molecule has 1 aliphatic heterocycles. The highest BCUT2D eigenvalue weighted by molar-refractivity contribution is 6.32. The molecule has 3 heterocycles. The van der Waals surface area contributed by atoms with Gasteiger partial charge in [-0.15, -0.1) is 0 Å². The van der Waals surface area contributed by atoms with Crippen LogP contribution in [-0.4, -0.2) is 44.6 Å². The number of amides is 1. The molecule has 0 aliphatic carbocycles. The van der Waals surface area contributed by atoms with Gasteiger partial charge in [0.2, 0.25) is 0 Å². The Labute approximate surface area is 133 Å². The van der Waals surface area contributed by atoms with Crippen LogP contribution in [0, 0.1) is 0 Å². The Kier molecular flexibility index (Phi) is 4.24. The zero-order chi connectivity index (χ0) is 15.5. The summed E-state index contributed by atoms with van der Waals surface area (Å²) in [5.74, 6) is 0.673. The third-order valence-corrected chi connectivity index (χ3v) is 4.09. The third kappa shape index (κ3) is 3.04. The molecule has 1 amide bonds. The van der Waals surface area contributed by atoms with Crippen molar-refractivity contribution in [3.63, 3.8) is 0 Å². The summed E-state index contributed by atoms with van der Waals surface area (Å²) in [6.45, 7) is 1.60. The number of halogens is 1. The lowest BCUT2D eigenvalue weighted by molar-refractivity contribution is 0.0923. The second-order valence-electron chi connectivity index (χ2n) is 5.32. The molecule has 0 spiro atoms. The van der Waals surface area contributed by atoms with E-state index in [-0.39, 0.29) is 11.9 Å². The molecule has 0 saturated carbocycles. The molecule has 1 saturated heterocycles. The van der Waals surface area contributed by atoms with E-state index in [1.54, 1.807) is 23.3 Å². The molecule has 22 heavy (non-hydrogen) atoms. The molecule has 0 unspecified atom stereocenters. The van der Waals surface area contributed by atoms with Crippen LogP contribution in [0.25, 0.3) is 0 Å². The summed E-state index contributed by atoms with van der Waals surface area (Å²) in [6.07, 6.45) is 7.99. The number of aromatic nitrogens is 4. The molecular formula is C14H17ClN6O. The molecule has 8 heteroatoms. The number of rotatable bonds is 3. The number of piperidine rings is 1. The maximum absolute atomic E-state index is 12.2. The minimum Gasteiger partial charge on any atom is -0.355 e. The monoisotopic (exact) mass is 320 g/mol. The molecular weight excluding hydrogens is 304 g/mol. The van der Waals surface area contributed by atoms with Crippen molar-refractivity contribution in [3.8, 4) is 0 Å². The van der Waals surface area contributed by atoms with Crippen molar-refractivity contribution >= 4 is 23.3 Å². The van der Waals surface area contributed by atoms with Gasteiger partial charge in [-0.25, -0.2) is 15.0 Å². The van der Waals surface area contributed by atoms with Crippen LogP contribution in [0.1, 0.15) is 23.3 Å². The van der Waals surface area contributed by atoms with E-state index in [9.17, 15) is 4.79 Å². The Morgan fingerprint density at radius 1 is 1.32 bits per heavy atom. The summed E-state index contributed by atoms with van der Waals surface area (Å²) in [7, 11) is 1.81. The van der Waals surface area contributed by atoms with Crippen molar-refractivity contribution in [1.29, 1.82) is 0 Å². The number of carbonyl (C=O) groups is 1. The number of nitrogens with zero attached hydrogens (tertiary/aromatic N) is 5. The molecule has 0 bridgehead atoms. The fourth-order valence-corrected chi connectivity index (χ4v) is 2.83. The van der Waals surface area contributed by atoms with Crippen LogP contribution >= 0.6 is 11.6 Å². The van der Waals surface area contributed by atoms with Crippen LogP contribution in [0.3, 0.4) is 0 Å². The summed E-state index contributed by atoms with van der Waals surface area (Å²) < 4.78 is 1.71.